The molecule has 0 amide bonds. The number of nitrogens with two attached hydrogens (primary N) is 1. The molecule has 0 saturated heterocycles. The summed E-state index contributed by atoms with van der Waals surface area (Å²) in [6.07, 6.45) is 1.85. The molecular formula is C10H13N5. The number of nitrogens with zero attached hydrogens (tertiary/aromatic N) is 3. The Labute approximate surface area is 87.1 Å². The van der Waals surface area contributed by atoms with Gasteiger partial charge in [0.25, 0.3) is 0 Å². The number of hydrogen-bond acceptors (Lipinski definition) is 4. The molecule has 2 atom stereocenters. The van der Waals surface area contributed by atoms with E-state index in [0.717, 1.165) is 11.1 Å². The smallest absolute Gasteiger partial charge is 0.201 e. The molecular weight excluding hydrogens is 190 g/mol. The first-order chi connectivity index (χ1) is 7.10. The van der Waals surface area contributed by atoms with E-state index in [1.54, 1.807) is 0 Å². The number of rotatable bonds is 1. The summed E-state index contributed by atoms with van der Waals surface area (Å²) in [5, 5.41) is 10.5. The van der Waals surface area contributed by atoms with E-state index in [1.165, 1.54) is 0 Å². The van der Waals surface area contributed by atoms with Crippen LogP contribution >= 0.6 is 0 Å². The van der Waals surface area contributed by atoms with E-state index in [1.807, 2.05) is 12.3 Å². The Hall–Kier alpha value is -1.49. The first-order valence-corrected chi connectivity index (χ1v) is 5.02. The molecule has 3 N–H and O–H groups in total. The third-order valence-corrected chi connectivity index (χ3v) is 3.46. The first-order valence-electron chi connectivity index (χ1n) is 5.02. The summed E-state index contributed by atoms with van der Waals surface area (Å²) in [7, 11) is 0. The van der Waals surface area contributed by atoms with Gasteiger partial charge in [0.1, 0.15) is 5.52 Å². The maximum Gasteiger partial charge on any atom is 0.201 e. The van der Waals surface area contributed by atoms with Crippen molar-refractivity contribution in [2.24, 2.45) is 11.1 Å². The summed E-state index contributed by atoms with van der Waals surface area (Å²) in [6, 6.07) is 2.24. The first kappa shape index (κ1) is 8.79. The molecule has 0 aliphatic heterocycles. The second-order valence-electron chi connectivity index (χ2n) is 4.76. The van der Waals surface area contributed by atoms with Crippen molar-refractivity contribution in [3.63, 3.8) is 0 Å². The van der Waals surface area contributed by atoms with Crippen molar-refractivity contribution in [1.29, 1.82) is 0 Å². The summed E-state index contributed by atoms with van der Waals surface area (Å²) in [4.78, 5) is 4.24. The zero-order valence-electron chi connectivity index (χ0n) is 8.73. The van der Waals surface area contributed by atoms with Crippen molar-refractivity contribution in [3.05, 3.63) is 17.8 Å². The molecule has 2 aromatic rings. The third-order valence-electron chi connectivity index (χ3n) is 3.46. The average molecular weight is 203 g/mol. The molecule has 0 bridgehead atoms. The number of H-pyrrole nitrogens is 1. The number of hydrogen-bond donors (Lipinski definition) is 2. The van der Waals surface area contributed by atoms with Gasteiger partial charge in [-0.3, -0.25) is 0 Å². The van der Waals surface area contributed by atoms with Gasteiger partial charge in [0.2, 0.25) is 5.65 Å². The minimum Gasteiger partial charge on any atom is -0.327 e. The van der Waals surface area contributed by atoms with Gasteiger partial charge in [0.05, 0.1) is 0 Å². The Kier molecular flexibility index (Phi) is 1.49. The maximum absolute atomic E-state index is 6.02. The normalized spacial score (nSPS) is 28.2. The van der Waals surface area contributed by atoms with Gasteiger partial charge < -0.3 is 5.73 Å². The Morgan fingerprint density at radius 3 is 2.80 bits per heavy atom. The second kappa shape index (κ2) is 2.55. The highest BCUT2D eigenvalue weighted by Gasteiger charge is 2.56. The van der Waals surface area contributed by atoms with Crippen LogP contribution < -0.4 is 5.73 Å². The van der Waals surface area contributed by atoms with Gasteiger partial charge in [0.15, 0.2) is 0 Å². The van der Waals surface area contributed by atoms with E-state index in [0.29, 0.717) is 11.6 Å². The molecule has 1 fully saturated rings. The molecule has 1 aliphatic rings. The van der Waals surface area contributed by atoms with Crippen LogP contribution in [0.3, 0.4) is 0 Å². The third kappa shape index (κ3) is 1.10. The van der Waals surface area contributed by atoms with Crippen LogP contribution in [0.1, 0.15) is 25.3 Å². The minimum absolute atomic E-state index is 0.180. The molecule has 5 nitrogen and oxygen atoms in total. The van der Waals surface area contributed by atoms with Crippen LogP contribution in [0.4, 0.5) is 0 Å². The highest BCUT2D eigenvalue weighted by Crippen LogP contribution is 2.57. The number of nitrogens with one attached hydrogen (secondary N) is 1. The zero-order chi connectivity index (χ0) is 10.6. The lowest BCUT2D eigenvalue weighted by molar-refractivity contribution is 0.599. The Morgan fingerprint density at radius 2 is 2.13 bits per heavy atom. The Balaban J connectivity index is 2.06. The van der Waals surface area contributed by atoms with Crippen LogP contribution in [0.2, 0.25) is 0 Å². The molecule has 1 saturated carbocycles. The van der Waals surface area contributed by atoms with E-state index < -0.39 is 0 Å². The van der Waals surface area contributed by atoms with Crippen molar-refractivity contribution in [2.75, 3.05) is 0 Å². The highest BCUT2D eigenvalue weighted by molar-refractivity contribution is 5.69. The minimum atomic E-state index is 0.180. The monoisotopic (exact) mass is 203 g/mol. The fourth-order valence-electron chi connectivity index (χ4n) is 2.24. The van der Waals surface area contributed by atoms with Gasteiger partial charge in [-0.15, -0.1) is 5.10 Å². The number of aromatic nitrogens is 4. The summed E-state index contributed by atoms with van der Waals surface area (Å²) >= 11 is 0. The van der Waals surface area contributed by atoms with E-state index >= 15 is 0 Å². The summed E-state index contributed by atoms with van der Waals surface area (Å²) in [5.74, 6) is 0.395. The molecule has 0 spiro atoms. The molecule has 78 valence electrons. The fourth-order valence-corrected chi connectivity index (χ4v) is 2.24. The predicted molar refractivity (Wildman–Crippen MR) is 56.2 cm³/mol. The molecule has 2 heterocycles. The molecule has 3 rings (SSSR count). The molecule has 0 aromatic carbocycles. The standard InChI is InChI=1S/C10H13N5/c1-10(2)7(8(10)11)5-3-6-9(12-4-5)14-15-13-6/h3-4,7-8H,11H2,1-2H3,(H,12,13,14,15). The van der Waals surface area contributed by atoms with E-state index in [9.17, 15) is 0 Å². The van der Waals surface area contributed by atoms with Crippen LogP contribution in [0, 0.1) is 5.41 Å². The van der Waals surface area contributed by atoms with Crippen molar-refractivity contribution < 1.29 is 0 Å². The molecule has 0 radical (unpaired) electrons. The molecule has 15 heavy (non-hydrogen) atoms. The number of pyridine rings is 1. The molecule has 2 aromatic heterocycles. The van der Waals surface area contributed by atoms with Crippen molar-refractivity contribution in [1.82, 2.24) is 20.4 Å². The van der Waals surface area contributed by atoms with Crippen molar-refractivity contribution in [2.45, 2.75) is 25.8 Å². The Bertz CT molecular complexity index is 515. The fraction of sp³-hybridized carbons (Fsp3) is 0.500. The molecule has 5 heteroatoms. The predicted octanol–water partition coefficient (Wildman–Crippen LogP) is 0.804. The van der Waals surface area contributed by atoms with E-state index in [4.69, 9.17) is 5.73 Å². The lowest BCUT2D eigenvalue weighted by atomic mass is 10.0. The van der Waals surface area contributed by atoms with Crippen LogP contribution in [0.15, 0.2) is 12.3 Å². The largest absolute Gasteiger partial charge is 0.327 e. The van der Waals surface area contributed by atoms with Crippen LogP contribution in [0.5, 0.6) is 0 Å². The van der Waals surface area contributed by atoms with Crippen LogP contribution in [-0.2, 0) is 0 Å². The second-order valence-corrected chi connectivity index (χ2v) is 4.76. The van der Waals surface area contributed by atoms with Gasteiger partial charge >= 0.3 is 0 Å². The average Bonchev–Trinajstić information content (AvgIpc) is 2.62. The van der Waals surface area contributed by atoms with Gasteiger partial charge in [-0.05, 0) is 17.0 Å². The van der Waals surface area contributed by atoms with E-state index in [2.05, 4.69) is 34.2 Å². The van der Waals surface area contributed by atoms with Gasteiger partial charge in [-0.1, -0.05) is 13.8 Å². The zero-order valence-corrected chi connectivity index (χ0v) is 8.73. The van der Waals surface area contributed by atoms with Crippen LogP contribution in [-0.4, -0.2) is 26.4 Å². The summed E-state index contributed by atoms with van der Waals surface area (Å²) < 4.78 is 0. The van der Waals surface area contributed by atoms with E-state index in [-0.39, 0.29) is 11.5 Å². The van der Waals surface area contributed by atoms with Crippen LogP contribution in [0.25, 0.3) is 11.2 Å². The number of aromatic amines is 1. The topological polar surface area (TPSA) is 80.5 Å². The van der Waals surface area contributed by atoms with Gasteiger partial charge in [-0.2, -0.15) is 10.3 Å². The molecule has 2 unspecified atom stereocenters. The highest BCUT2D eigenvalue weighted by atomic mass is 15.3. The lowest BCUT2D eigenvalue weighted by Gasteiger charge is -2.01. The molecule has 1 aliphatic carbocycles. The van der Waals surface area contributed by atoms with Crippen molar-refractivity contribution >= 4 is 11.2 Å². The van der Waals surface area contributed by atoms with Gasteiger partial charge in [-0.25, -0.2) is 4.98 Å². The maximum atomic E-state index is 6.02. The van der Waals surface area contributed by atoms with Crippen molar-refractivity contribution in [3.8, 4) is 0 Å². The quantitative estimate of drug-likeness (QED) is 0.718. The number of fused-ring (bicyclic) bond motifs is 1. The summed E-state index contributed by atoms with van der Waals surface area (Å²) in [5.41, 5.74) is 8.83. The lowest BCUT2D eigenvalue weighted by Crippen LogP contribution is -2.06. The van der Waals surface area contributed by atoms with Gasteiger partial charge in [0, 0.05) is 18.2 Å². The summed E-state index contributed by atoms with van der Waals surface area (Å²) in [6.45, 7) is 4.35. The SMILES string of the molecule is CC1(C)C(N)C1c1cnc2n[nH]nc2c1. The Morgan fingerprint density at radius 1 is 1.40 bits per heavy atom.